The van der Waals surface area contributed by atoms with E-state index in [1.165, 1.54) is 23.3 Å². The highest BCUT2D eigenvalue weighted by Crippen LogP contribution is 2.29. The second-order valence-electron chi connectivity index (χ2n) is 8.26. The normalized spacial score (nSPS) is 18.4. The molecule has 0 spiro atoms. The van der Waals surface area contributed by atoms with Crippen molar-refractivity contribution in [3.63, 3.8) is 0 Å². The molecule has 1 aliphatic rings. The molecule has 182 valence electrons. The first-order valence-corrected chi connectivity index (χ1v) is 11.1. The van der Waals surface area contributed by atoms with Crippen LogP contribution in [-0.4, -0.2) is 44.5 Å². The molecule has 1 aliphatic heterocycles. The number of hydrogen-bond acceptors (Lipinski definition) is 8. The van der Waals surface area contributed by atoms with E-state index < -0.39 is 17.8 Å². The standard InChI is InChI=1S/C24H24F2N6O3/c1-14-5-4-9-32(21(14)24(33)34)23-17(26)13-29-22(30-23)18(27)11-20(19-8-10-35-31-19)28-12-15-6-2-3-7-16(15)25/h2-3,6-8,10-11,13-14,21,27-28H,4-5,9,12H2,1H3,(H,33,34)/b20-11-,27-18?. The molecule has 1 fully saturated rings. The van der Waals surface area contributed by atoms with E-state index in [9.17, 15) is 18.7 Å². The van der Waals surface area contributed by atoms with E-state index in [0.717, 1.165) is 6.20 Å². The second-order valence-corrected chi connectivity index (χ2v) is 8.26. The van der Waals surface area contributed by atoms with E-state index in [0.29, 0.717) is 36.3 Å². The van der Waals surface area contributed by atoms with Gasteiger partial charge in [-0.3, -0.25) is 5.41 Å². The van der Waals surface area contributed by atoms with Crippen molar-refractivity contribution in [2.45, 2.75) is 32.4 Å². The summed E-state index contributed by atoms with van der Waals surface area (Å²) in [5, 5.41) is 25.1. The first-order valence-electron chi connectivity index (χ1n) is 11.1. The zero-order chi connectivity index (χ0) is 24.9. The van der Waals surface area contributed by atoms with Crippen molar-refractivity contribution >= 4 is 23.2 Å². The van der Waals surface area contributed by atoms with Crippen molar-refractivity contribution in [2.75, 3.05) is 11.4 Å². The largest absolute Gasteiger partial charge is 0.480 e. The summed E-state index contributed by atoms with van der Waals surface area (Å²) in [6, 6.07) is 6.90. The molecule has 1 aromatic carbocycles. The molecule has 2 unspecified atom stereocenters. The summed E-state index contributed by atoms with van der Waals surface area (Å²) < 4.78 is 33.6. The van der Waals surface area contributed by atoms with Crippen LogP contribution in [0.3, 0.4) is 0 Å². The van der Waals surface area contributed by atoms with Crippen molar-refractivity contribution in [2.24, 2.45) is 5.92 Å². The number of nitrogens with zero attached hydrogens (tertiary/aromatic N) is 4. The first-order chi connectivity index (χ1) is 16.8. The summed E-state index contributed by atoms with van der Waals surface area (Å²) in [6.07, 6.45) is 5.06. The number of piperidine rings is 1. The highest BCUT2D eigenvalue weighted by Gasteiger charge is 2.36. The SMILES string of the molecule is CC1CCCN(c2nc(C(=N)/C=C(\NCc3ccccc3F)c3ccon3)ncc2F)C1C(=O)O. The first kappa shape index (κ1) is 24.0. The fourth-order valence-corrected chi connectivity index (χ4v) is 4.10. The van der Waals surface area contributed by atoms with Gasteiger partial charge in [0.15, 0.2) is 17.5 Å². The summed E-state index contributed by atoms with van der Waals surface area (Å²) in [5.41, 5.74) is 0.940. The average Bonchev–Trinajstić information content (AvgIpc) is 3.37. The molecule has 4 rings (SSSR count). The van der Waals surface area contributed by atoms with Crippen molar-refractivity contribution in [1.29, 1.82) is 5.41 Å². The van der Waals surface area contributed by atoms with Crippen molar-refractivity contribution in [3.8, 4) is 0 Å². The predicted octanol–water partition coefficient (Wildman–Crippen LogP) is 3.63. The van der Waals surface area contributed by atoms with Crippen LogP contribution in [0.2, 0.25) is 0 Å². The monoisotopic (exact) mass is 482 g/mol. The average molecular weight is 482 g/mol. The highest BCUT2D eigenvalue weighted by atomic mass is 19.1. The third-order valence-electron chi connectivity index (χ3n) is 5.85. The van der Waals surface area contributed by atoms with Crippen molar-refractivity contribution in [1.82, 2.24) is 20.4 Å². The van der Waals surface area contributed by atoms with Gasteiger partial charge in [-0.2, -0.15) is 0 Å². The topological polar surface area (TPSA) is 128 Å². The third-order valence-corrected chi connectivity index (χ3v) is 5.85. The molecular weight excluding hydrogens is 458 g/mol. The summed E-state index contributed by atoms with van der Waals surface area (Å²) in [6.45, 7) is 2.24. The number of aliphatic carboxylic acids is 1. The van der Waals surface area contributed by atoms with Crippen LogP contribution in [0.5, 0.6) is 0 Å². The van der Waals surface area contributed by atoms with Gasteiger partial charge >= 0.3 is 5.97 Å². The Kier molecular flexibility index (Phi) is 7.14. The van der Waals surface area contributed by atoms with E-state index in [-0.39, 0.29) is 35.6 Å². The maximum atomic E-state index is 14.7. The number of halogens is 2. The Bertz CT molecular complexity index is 1250. The summed E-state index contributed by atoms with van der Waals surface area (Å²) >= 11 is 0. The molecule has 0 radical (unpaired) electrons. The van der Waals surface area contributed by atoms with Gasteiger partial charge in [0, 0.05) is 24.7 Å². The number of carbonyl (C=O) groups is 1. The quantitative estimate of drug-likeness (QED) is 0.415. The van der Waals surface area contributed by atoms with E-state index in [1.54, 1.807) is 31.2 Å². The van der Waals surface area contributed by atoms with Crippen LogP contribution in [0.4, 0.5) is 14.6 Å². The molecular formula is C24H24F2N6O3. The van der Waals surface area contributed by atoms with Crippen LogP contribution in [0, 0.1) is 23.0 Å². The zero-order valence-electron chi connectivity index (χ0n) is 18.9. The minimum atomic E-state index is -1.06. The number of rotatable bonds is 8. The number of aromatic nitrogens is 3. The maximum absolute atomic E-state index is 14.7. The molecule has 9 nitrogen and oxygen atoms in total. The van der Waals surface area contributed by atoms with Gasteiger partial charge in [-0.1, -0.05) is 30.3 Å². The van der Waals surface area contributed by atoms with Gasteiger partial charge in [0.05, 0.1) is 11.9 Å². The summed E-state index contributed by atoms with van der Waals surface area (Å²) in [7, 11) is 0. The van der Waals surface area contributed by atoms with Gasteiger partial charge in [-0.15, -0.1) is 0 Å². The minimum absolute atomic E-state index is 0.0996. The van der Waals surface area contributed by atoms with E-state index in [4.69, 9.17) is 9.93 Å². The molecule has 2 atom stereocenters. The molecule has 3 aromatic rings. The molecule has 0 aliphatic carbocycles. The second kappa shape index (κ2) is 10.4. The van der Waals surface area contributed by atoms with Gasteiger partial charge in [0.25, 0.3) is 0 Å². The van der Waals surface area contributed by atoms with E-state index in [1.807, 2.05) is 0 Å². The number of benzene rings is 1. The molecule has 35 heavy (non-hydrogen) atoms. The zero-order valence-corrected chi connectivity index (χ0v) is 18.9. The van der Waals surface area contributed by atoms with Crippen LogP contribution >= 0.6 is 0 Å². The van der Waals surface area contributed by atoms with E-state index in [2.05, 4.69) is 20.4 Å². The van der Waals surface area contributed by atoms with Crippen LogP contribution < -0.4 is 10.2 Å². The number of carboxylic acids is 1. The molecule has 0 saturated carbocycles. The number of carboxylic acid groups (broad SMARTS) is 1. The molecule has 3 N–H and O–H groups in total. The van der Waals surface area contributed by atoms with Crippen molar-refractivity contribution in [3.05, 3.63) is 77.6 Å². The van der Waals surface area contributed by atoms with Gasteiger partial charge in [-0.05, 0) is 30.9 Å². The third kappa shape index (κ3) is 5.34. The lowest BCUT2D eigenvalue weighted by Gasteiger charge is -2.38. The Morgan fingerprint density at radius 2 is 2.11 bits per heavy atom. The Morgan fingerprint density at radius 3 is 2.83 bits per heavy atom. The summed E-state index contributed by atoms with van der Waals surface area (Å²) in [4.78, 5) is 21.4. The number of hydrogen-bond donors (Lipinski definition) is 3. The van der Waals surface area contributed by atoms with Gasteiger partial charge in [0.2, 0.25) is 0 Å². The molecule has 0 amide bonds. The Labute approximate surface area is 200 Å². The van der Waals surface area contributed by atoms with Gasteiger partial charge in [-0.25, -0.2) is 23.5 Å². The number of allylic oxidation sites excluding steroid dienone is 1. The predicted molar refractivity (Wildman–Crippen MR) is 124 cm³/mol. The highest BCUT2D eigenvalue weighted by molar-refractivity contribution is 6.07. The Hall–Kier alpha value is -4.15. The van der Waals surface area contributed by atoms with Gasteiger partial charge in [0.1, 0.15) is 29.5 Å². The number of nitrogens with one attached hydrogen (secondary N) is 2. The fraction of sp³-hybridized carbons (Fsp3) is 0.292. The molecule has 0 bridgehead atoms. The van der Waals surface area contributed by atoms with E-state index >= 15 is 0 Å². The fourth-order valence-electron chi connectivity index (χ4n) is 4.10. The Balaban J connectivity index is 1.63. The van der Waals surface area contributed by atoms with Gasteiger partial charge < -0.3 is 19.8 Å². The molecule has 11 heteroatoms. The number of anilines is 1. The molecule has 2 aromatic heterocycles. The maximum Gasteiger partial charge on any atom is 0.326 e. The molecule has 3 heterocycles. The van der Waals surface area contributed by atoms with Crippen LogP contribution in [0.15, 0.2) is 53.4 Å². The smallest absolute Gasteiger partial charge is 0.326 e. The Morgan fingerprint density at radius 1 is 1.31 bits per heavy atom. The summed E-state index contributed by atoms with van der Waals surface area (Å²) in [5.74, 6) is -2.66. The van der Waals surface area contributed by atoms with Crippen LogP contribution in [0.25, 0.3) is 5.70 Å². The lowest BCUT2D eigenvalue weighted by Crippen LogP contribution is -2.50. The lowest BCUT2D eigenvalue weighted by atomic mass is 9.91. The van der Waals surface area contributed by atoms with Crippen molar-refractivity contribution < 1.29 is 23.2 Å². The minimum Gasteiger partial charge on any atom is -0.480 e. The molecule has 1 saturated heterocycles. The lowest BCUT2D eigenvalue weighted by molar-refractivity contribution is -0.140. The van der Waals surface area contributed by atoms with Crippen LogP contribution in [0.1, 0.15) is 36.8 Å². The van der Waals surface area contributed by atoms with Crippen LogP contribution in [-0.2, 0) is 11.3 Å².